The van der Waals surface area contributed by atoms with Crippen molar-refractivity contribution in [2.75, 3.05) is 33.0 Å². The molecule has 0 rings (SSSR count). The first-order chi connectivity index (χ1) is 26.1. The molecule has 0 spiro atoms. The molecule has 0 N–H and O–H groups in total. The number of hydrogen-bond acceptors (Lipinski definition) is 9. The van der Waals surface area contributed by atoms with Gasteiger partial charge in [-0.3, -0.25) is 9.59 Å². The number of ether oxygens (including phenoxy) is 4. The van der Waals surface area contributed by atoms with Gasteiger partial charge in [0.25, 0.3) is 0 Å². The topological polar surface area (TPSA) is 71.1 Å². The van der Waals surface area contributed by atoms with Crippen LogP contribution in [0, 0.1) is 95.4 Å². The molecular formula is C45H54O6S3. The Morgan fingerprint density at radius 2 is 0.889 bits per heavy atom. The zero-order valence-electron chi connectivity index (χ0n) is 32.7. The van der Waals surface area contributed by atoms with Gasteiger partial charge in [0.2, 0.25) is 0 Å². The predicted octanol–water partition coefficient (Wildman–Crippen LogP) is 8.51. The lowest BCUT2D eigenvalue weighted by Crippen LogP contribution is -2.34. The van der Waals surface area contributed by atoms with Gasteiger partial charge >= 0.3 is 11.9 Å². The van der Waals surface area contributed by atoms with Gasteiger partial charge in [0.05, 0.1) is 6.61 Å². The molecule has 0 saturated heterocycles. The molecule has 0 aliphatic heterocycles. The maximum atomic E-state index is 12.7. The molecule has 9 heteroatoms. The lowest BCUT2D eigenvalue weighted by atomic mass is 10.0. The van der Waals surface area contributed by atoms with Crippen molar-refractivity contribution in [2.24, 2.45) is 0 Å². The highest BCUT2D eigenvalue weighted by Gasteiger charge is 2.37. The summed E-state index contributed by atoms with van der Waals surface area (Å²) in [6.45, 7) is 10.4. The highest BCUT2D eigenvalue weighted by Crippen LogP contribution is 2.38. The summed E-state index contributed by atoms with van der Waals surface area (Å²) < 4.78 is 20.1. The summed E-state index contributed by atoms with van der Waals surface area (Å²) in [5.74, 6) is 33.3. The van der Waals surface area contributed by atoms with Gasteiger partial charge in [-0.1, -0.05) is 126 Å². The van der Waals surface area contributed by atoms with E-state index in [4.69, 9.17) is 37.6 Å². The van der Waals surface area contributed by atoms with Crippen LogP contribution in [0.25, 0.3) is 0 Å². The van der Waals surface area contributed by atoms with Crippen molar-refractivity contribution in [1.82, 2.24) is 0 Å². The van der Waals surface area contributed by atoms with Crippen LogP contribution in [0.5, 0.6) is 0 Å². The fourth-order valence-corrected chi connectivity index (χ4v) is 8.02. The molecule has 54 heavy (non-hydrogen) atoms. The van der Waals surface area contributed by atoms with Crippen LogP contribution in [0.4, 0.5) is 0 Å². The largest absolute Gasteiger partial charge is 0.462 e. The monoisotopic (exact) mass is 786 g/mol. The van der Waals surface area contributed by atoms with E-state index in [-0.39, 0.29) is 19.8 Å². The molecular weight excluding hydrogens is 733 g/mol. The van der Waals surface area contributed by atoms with Crippen molar-refractivity contribution in [3.05, 3.63) is 0 Å². The van der Waals surface area contributed by atoms with E-state index in [0.29, 0.717) is 16.7 Å². The van der Waals surface area contributed by atoms with Crippen LogP contribution < -0.4 is 0 Å². The second-order valence-corrected chi connectivity index (χ2v) is 17.1. The standard InChI is InChI=1S/C45H54O6S3/c1-7-9-11-13-15-17-19-21-23-25-27-29-31-33-35-48-37-39-50-41(46)44(3,4)53-43(52)54-45(5,6)42(47)51-40-38-49-36-34-32-30-28-26-24-22-20-18-16-14-12-10-8-2/h1H,8,10,12,14,16,18,20,22,24,26,28,30,32,34,36-40H2,2-6H3. The van der Waals surface area contributed by atoms with E-state index < -0.39 is 21.4 Å². The zero-order valence-corrected chi connectivity index (χ0v) is 35.1. The molecule has 0 atom stereocenters. The molecule has 0 aliphatic carbocycles. The van der Waals surface area contributed by atoms with Crippen LogP contribution in [-0.2, 0) is 28.5 Å². The number of hydrogen-bond donors (Lipinski definition) is 0. The summed E-state index contributed by atoms with van der Waals surface area (Å²) >= 11 is 7.83. The van der Waals surface area contributed by atoms with Crippen molar-refractivity contribution in [1.29, 1.82) is 0 Å². The summed E-state index contributed by atoms with van der Waals surface area (Å²) in [4.78, 5) is 25.4. The Morgan fingerprint density at radius 3 is 1.31 bits per heavy atom. The van der Waals surface area contributed by atoms with Crippen LogP contribution in [0.15, 0.2) is 0 Å². The van der Waals surface area contributed by atoms with Crippen LogP contribution in [-0.4, -0.2) is 58.0 Å². The van der Waals surface area contributed by atoms with E-state index in [0.717, 1.165) is 24.6 Å². The fraction of sp³-hybridized carbons (Fsp3) is 0.578. The maximum absolute atomic E-state index is 12.7. The van der Waals surface area contributed by atoms with Gasteiger partial charge in [-0.15, -0.1) is 6.42 Å². The molecule has 288 valence electrons. The highest BCUT2D eigenvalue weighted by molar-refractivity contribution is 8.48. The van der Waals surface area contributed by atoms with E-state index in [1.54, 1.807) is 27.7 Å². The number of carbonyl (C=O) groups excluding carboxylic acids is 2. The second kappa shape index (κ2) is 34.7. The van der Waals surface area contributed by atoms with E-state index in [9.17, 15) is 9.59 Å². The lowest BCUT2D eigenvalue weighted by Gasteiger charge is -2.26. The molecule has 6 nitrogen and oxygen atoms in total. The van der Waals surface area contributed by atoms with Crippen LogP contribution >= 0.6 is 35.7 Å². The fourth-order valence-electron chi connectivity index (χ4n) is 4.23. The number of rotatable bonds is 25. The van der Waals surface area contributed by atoms with Crippen molar-refractivity contribution >= 4 is 51.2 Å². The summed E-state index contributed by atoms with van der Waals surface area (Å²) in [7, 11) is 0. The Balaban J connectivity index is 4.12. The third-order valence-corrected chi connectivity index (χ3v) is 9.81. The third-order valence-electron chi connectivity index (χ3n) is 7.13. The molecule has 0 saturated carbocycles. The van der Waals surface area contributed by atoms with E-state index in [1.165, 1.54) is 88.8 Å². The first-order valence-corrected chi connectivity index (χ1v) is 20.5. The van der Waals surface area contributed by atoms with Gasteiger partial charge in [0, 0.05) is 48.0 Å². The number of thioether (sulfide) groups is 2. The smallest absolute Gasteiger partial charge is 0.322 e. The molecule has 0 fully saturated rings. The molecule has 0 aliphatic rings. The Kier molecular flexibility index (Phi) is 32.1. The molecule has 0 radical (unpaired) electrons. The quantitative estimate of drug-likeness (QED) is 0.0392. The minimum atomic E-state index is -0.986. The van der Waals surface area contributed by atoms with E-state index in [2.05, 4.69) is 95.9 Å². The van der Waals surface area contributed by atoms with Crippen molar-refractivity contribution < 1.29 is 28.5 Å². The Bertz CT molecular complexity index is 1640. The summed E-state index contributed by atoms with van der Waals surface area (Å²) in [6, 6.07) is 0. The average Bonchev–Trinajstić information content (AvgIpc) is 3.13. The molecule has 0 aromatic heterocycles. The van der Waals surface area contributed by atoms with Crippen molar-refractivity contribution in [3.63, 3.8) is 0 Å². The van der Waals surface area contributed by atoms with Crippen molar-refractivity contribution in [2.45, 2.75) is 134 Å². The first kappa shape index (κ1) is 50.0. The van der Waals surface area contributed by atoms with Gasteiger partial charge in [-0.25, -0.2) is 0 Å². The van der Waals surface area contributed by atoms with Crippen LogP contribution in [0.1, 0.15) is 125 Å². The minimum absolute atomic E-state index is 0.0125. The Labute approximate surface area is 340 Å². The summed E-state index contributed by atoms with van der Waals surface area (Å²) in [6.07, 6.45) is 25.8. The van der Waals surface area contributed by atoms with Crippen molar-refractivity contribution in [3.8, 4) is 95.4 Å². The van der Waals surface area contributed by atoms with E-state index >= 15 is 0 Å². The van der Waals surface area contributed by atoms with Gasteiger partial charge in [-0.2, -0.15) is 0 Å². The van der Waals surface area contributed by atoms with Gasteiger partial charge in [0.15, 0.2) is 0 Å². The number of esters is 2. The third kappa shape index (κ3) is 31.5. The van der Waals surface area contributed by atoms with Crippen LogP contribution in [0.3, 0.4) is 0 Å². The molecule has 0 unspecified atom stereocenters. The van der Waals surface area contributed by atoms with Gasteiger partial charge in [-0.05, 0) is 75.6 Å². The number of carbonyl (C=O) groups is 2. The Morgan fingerprint density at radius 1 is 0.519 bits per heavy atom. The number of terminal acetylenes is 1. The SMILES string of the molecule is C#CC#CC#CC#CC#CC#CC#CC#COCCOC(=O)C(C)(C)SC(=S)SC(C)(C)C(=O)OCCOCCCCCCCCCCCCCCCC. The van der Waals surface area contributed by atoms with Gasteiger partial charge < -0.3 is 18.9 Å². The molecule has 0 aromatic carbocycles. The average molecular weight is 787 g/mol. The van der Waals surface area contributed by atoms with Gasteiger partial charge in [0.1, 0.15) is 38.9 Å². The minimum Gasteiger partial charge on any atom is -0.462 e. The number of thiocarbonyl (C=S) groups is 1. The molecule has 0 amide bonds. The summed E-state index contributed by atoms with van der Waals surface area (Å²) in [5.41, 5.74) is 0. The molecule has 0 heterocycles. The lowest BCUT2D eigenvalue weighted by molar-refractivity contribution is -0.147. The Hall–Kier alpha value is -4.03. The summed E-state index contributed by atoms with van der Waals surface area (Å²) in [5, 5.41) is 0. The first-order valence-electron chi connectivity index (χ1n) is 18.5. The molecule has 0 aromatic rings. The normalized spacial score (nSPS) is 9.63. The zero-order chi connectivity index (χ0) is 40.0. The van der Waals surface area contributed by atoms with Crippen LogP contribution in [0.2, 0.25) is 0 Å². The second-order valence-electron chi connectivity index (χ2n) is 12.7. The maximum Gasteiger partial charge on any atom is 0.322 e. The highest BCUT2D eigenvalue weighted by atomic mass is 32.2. The molecule has 0 bridgehead atoms. The number of unbranched alkanes of at least 4 members (excludes halogenated alkanes) is 13. The predicted molar refractivity (Wildman–Crippen MR) is 228 cm³/mol. The van der Waals surface area contributed by atoms with E-state index in [1.807, 2.05) is 0 Å².